The first-order valence-corrected chi connectivity index (χ1v) is 3.51. The lowest BCUT2D eigenvalue weighted by Gasteiger charge is -2.29. The third kappa shape index (κ3) is 2.75. The fraction of sp³-hybridized carbons (Fsp3) is 1.00. The zero-order valence-corrected chi connectivity index (χ0v) is 7.52. The summed E-state index contributed by atoms with van der Waals surface area (Å²) in [6.45, 7) is 0. The van der Waals surface area contributed by atoms with Gasteiger partial charge in [0.25, 0.3) is 0 Å². The second kappa shape index (κ2) is 2.51. The molecule has 0 aromatic carbocycles. The molecule has 8 heavy (non-hydrogen) atoms. The van der Waals surface area contributed by atoms with E-state index in [9.17, 15) is 0 Å². The van der Waals surface area contributed by atoms with Crippen LogP contribution in [0.25, 0.3) is 0 Å². The van der Waals surface area contributed by atoms with Crippen molar-refractivity contribution in [3.05, 3.63) is 0 Å². The highest BCUT2D eigenvalue weighted by molar-refractivity contribution is 8.07. The Balaban J connectivity index is 4.02. The maximum atomic E-state index is 5.26. The van der Waals surface area contributed by atoms with E-state index in [-0.39, 0.29) is 0 Å². The Kier molecular flexibility index (Phi) is 2.93. The smallest absolute Gasteiger partial charge is 0.140 e. The van der Waals surface area contributed by atoms with Crippen molar-refractivity contribution in [2.24, 2.45) is 11.5 Å². The predicted molar refractivity (Wildman–Crippen MR) is 49.8 cm³/mol. The lowest BCUT2D eigenvalue weighted by atomic mass is 10.6. The van der Waals surface area contributed by atoms with Crippen molar-refractivity contribution in [1.29, 1.82) is 0 Å². The summed E-state index contributed by atoms with van der Waals surface area (Å²) < 4.78 is -2.33. The lowest BCUT2D eigenvalue weighted by Crippen LogP contribution is -2.51. The first-order chi connectivity index (χ1) is 3.25. The highest BCUT2D eigenvalue weighted by atomic mass is 32.2. The maximum absolute atomic E-state index is 5.26. The number of rotatable bonds is 1. The van der Waals surface area contributed by atoms with Crippen molar-refractivity contribution < 1.29 is 0 Å². The minimum absolute atomic E-state index is 1.17. The van der Waals surface area contributed by atoms with Crippen molar-refractivity contribution in [1.82, 2.24) is 0 Å². The van der Waals surface area contributed by atoms with Crippen LogP contribution in [0.5, 0.6) is 0 Å². The highest BCUT2D eigenvalue weighted by Gasteiger charge is 2.33. The van der Waals surface area contributed by atoms with Crippen LogP contribution in [0.15, 0.2) is 0 Å². The Bertz CT molecular complexity index is 67.0. The molecule has 0 rings (SSSR count). The molecule has 0 aliphatic carbocycles. The fourth-order valence-electron chi connectivity index (χ4n) is 0. The Morgan fingerprint density at radius 2 is 0.875 bits per heavy atom. The first-order valence-electron chi connectivity index (χ1n) is 1.72. The van der Waals surface area contributed by atoms with Crippen molar-refractivity contribution >= 4 is 50.5 Å². The monoisotopic (exact) mass is 188 g/mol. The van der Waals surface area contributed by atoms with Crippen LogP contribution in [0.4, 0.5) is 0 Å². The molecular weight excluding hydrogens is 180 g/mol. The van der Waals surface area contributed by atoms with E-state index in [0.29, 0.717) is 0 Å². The van der Waals surface area contributed by atoms with Crippen LogP contribution >= 0.6 is 50.5 Å². The summed E-state index contributed by atoms with van der Waals surface area (Å²) in [5.41, 5.74) is 10.5. The molecule has 0 atom stereocenters. The third-order valence-corrected chi connectivity index (χ3v) is 2.66. The van der Waals surface area contributed by atoms with Crippen LogP contribution in [-0.2, 0) is 0 Å². The summed E-state index contributed by atoms with van der Waals surface area (Å²) in [6.07, 6.45) is 0. The van der Waals surface area contributed by atoms with Gasteiger partial charge < -0.3 is 11.5 Å². The molecule has 0 aromatic heterocycles. The highest BCUT2D eigenvalue weighted by Crippen LogP contribution is 2.31. The van der Waals surface area contributed by atoms with Gasteiger partial charge >= 0.3 is 0 Å². The van der Waals surface area contributed by atoms with Gasteiger partial charge in [-0.1, -0.05) is 0 Å². The first kappa shape index (κ1) is 9.32. The van der Waals surface area contributed by atoms with Crippen molar-refractivity contribution in [2.45, 2.75) is 8.41 Å². The van der Waals surface area contributed by atoms with E-state index in [2.05, 4.69) is 50.5 Å². The summed E-state index contributed by atoms with van der Waals surface area (Å²) in [5, 5.41) is 0. The second-order valence-corrected chi connectivity index (χ2v) is 4.98. The third-order valence-electron chi connectivity index (χ3n) is 0.542. The van der Waals surface area contributed by atoms with E-state index in [1.165, 1.54) is 0 Å². The van der Waals surface area contributed by atoms with E-state index in [1.54, 1.807) is 0 Å². The van der Waals surface area contributed by atoms with Gasteiger partial charge in [0, 0.05) is 0 Å². The molecule has 0 aliphatic heterocycles. The molecule has 0 radical (unpaired) electrons. The van der Waals surface area contributed by atoms with Gasteiger partial charge in [-0.2, -0.15) is 0 Å². The molecule has 0 saturated heterocycles. The topological polar surface area (TPSA) is 52.0 Å². The van der Waals surface area contributed by atoms with Crippen molar-refractivity contribution in [3.63, 3.8) is 0 Å². The summed E-state index contributed by atoms with van der Waals surface area (Å²) in [7, 11) is 0. The van der Waals surface area contributed by atoms with E-state index in [0.717, 1.165) is 0 Å². The molecule has 0 aromatic rings. The molecule has 2 nitrogen and oxygen atoms in total. The standard InChI is InChI=1S/C2H8N2S4/c3-1(5,6)2(4,7)8/h5-8H,3-4H2. The van der Waals surface area contributed by atoms with E-state index in [4.69, 9.17) is 11.5 Å². The van der Waals surface area contributed by atoms with Crippen LogP contribution < -0.4 is 11.5 Å². The van der Waals surface area contributed by atoms with E-state index >= 15 is 0 Å². The van der Waals surface area contributed by atoms with Crippen LogP contribution in [-0.4, -0.2) is 8.41 Å². The predicted octanol–water partition coefficient (Wildman–Crippen LogP) is -0.0694. The van der Waals surface area contributed by atoms with E-state index in [1.807, 2.05) is 0 Å². The molecule has 0 aliphatic rings. The van der Waals surface area contributed by atoms with Crippen molar-refractivity contribution in [2.75, 3.05) is 0 Å². The molecule has 0 heterocycles. The van der Waals surface area contributed by atoms with Gasteiger partial charge in [0.2, 0.25) is 0 Å². The zero-order valence-electron chi connectivity index (χ0n) is 3.94. The van der Waals surface area contributed by atoms with Gasteiger partial charge in [-0.3, -0.25) is 0 Å². The Hall–Kier alpha value is 1.32. The van der Waals surface area contributed by atoms with Gasteiger partial charge in [0.05, 0.1) is 0 Å². The van der Waals surface area contributed by atoms with Crippen LogP contribution in [0, 0.1) is 0 Å². The van der Waals surface area contributed by atoms with Gasteiger partial charge in [-0.25, -0.2) is 0 Å². The largest absolute Gasteiger partial charge is 0.306 e. The van der Waals surface area contributed by atoms with Gasteiger partial charge in [-0.15, -0.1) is 50.5 Å². The number of nitrogens with two attached hydrogens (primary N) is 2. The molecule has 6 heteroatoms. The van der Waals surface area contributed by atoms with Gasteiger partial charge in [0.1, 0.15) is 8.41 Å². The average Bonchev–Trinajstić information content (AvgIpc) is 1.25. The van der Waals surface area contributed by atoms with Crippen LogP contribution in [0.1, 0.15) is 0 Å². The number of hydrogen-bond acceptors (Lipinski definition) is 6. The molecule has 0 fully saturated rings. The number of hydrogen-bond donors (Lipinski definition) is 6. The molecule has 0 spiro atoms. The normalized spacial score (nSPS) is 14.2. The summed E-state index contributed by atoms with van der Waals surface area (Å²) in [6, 6.07) is 0. The zero-order chi connectivity index (χ0) is 7.00. The SMILES string of the molecule is NC(S)(S)C(N)(S)S. The number of thiol groups is 4. The molecule has 4 N–H and O–H groups in total. The Morgan fingerprint density at radius 1 is 0.750 bits per heavy atom. The van der Waals surface area contributed by atoms with Gasteiger partial charge in [0.15, 0.2) is 0 Å². The molecule has 0 bridgehead atoms. The molecule has 0 unspecified atom stereocenters. The quantitative estimate of drug-likeness (QED) is 0.258. The summed E-state index contributed by atoms with van der Waals surface area (Å²) >= 11 is 15.2. The fourth-order valence-corrected chi connectivity index (χ4v) is 0. The molecule has 50 valence electrons. The van der Waals surface area contributed by atoms with Crippen LogP contribution in [0.3, 0.4) is 0 Å². The second-order valence-electron chi connectivity index (χ2n) is 1.45. The Morgan fingerprint density at radius 3 is 0.875 bits per heavy atom. The van der Waals surface area contributed by atoms with Crippen LogP contribution in [0.2, 0.25) is 0 Å². The minimum atomic E-state index is -1.17. The molecular formula is C2H8N2S4. The summed E-state index contributed by atoms with van der Waals surface area (Å²) in [5.74, 6) is 0. The molecule has 0 saturated carbocycles. The minimum Gasteiger partial charge on any atom is -0.306 e. The molecule has 0 amide bonds. The average molecular weight is 188 g/mol. The van der Waals surface area contributed by atoms with Crippen molar-refractivity contribution in [3.8, 4) is 0 Å². The van der Waals surface area contributed by atoms with E-state index < -0.39 is 8.41 Å². The summed E-state index contributed by atoms with van der Waals surface area (Å²) in [4.78, 5) is 0. The Labute approximate surface area is 70.4 Å². The van der Waals surface area contributed by atoms with Gasteiger partial charge in [-0.05, 0) is 0 Å². The lowest BCUT2D eigenvalue weighted by molar-refractivity contribution is 0.769. The maximum Gasteiger partial charge on any atom is 0.140 e.